The minimum Gasteiger partial charge on any atom is -0.462 e. The molecule has 2 atom stereocenters. The molecule has 9 nitrogen and oxygen atoms in total. The van der Waals surface area contributed by atoms with Gasteiger partial charge in [0, 0.05) is 26.1 Å². The Morgan fingerprint density at radius 3 is 2.50 bits per heavy atom. The molecule has 0 saturated carbocycles. The standard InChI is InChI=1S/C23H36N2O7S4/c1-17(26)30-12-21(32-18(2)27)13-31-22(28)5-8-25-23(29)20(11-19-6-10-34-14-19)15-35-36-16-24-7-4-9-33-3/h6,10,14,20-21,24H,4-5,7-9,11-13,15-16H2,1-3H3,(H,25,29). The first-order chi connectivity index (χ1) is 17.3. The molecule has 0 aromatic carbocycles. The maximum absolute atomic E-state index is 12.8. The van der Waals surface area contributed by atoms with Crippen molar-refractivity contribution in [3.63, 3.8) is 0 Å². The van der Waals surface area contributed by atoms with Gasteiger partial charge in [-0.25, -0.2) is 0 Å². The van der Waals surface area contributed by atoms with Gasteiger partial charge in [-0.15, -0.1) is 0 Å². The van der Waals surface area contributed by atoms with Crippen molar-refractivity contribution < 1.29 is 33.4 Å². The lowest BCUT2D eigenvalue weighted by Crippen LogP contribution is -2.35. The van der Waals surface area contributed by atoms with Crippen LogP contribution in [0.15, 0.2) is 16.8 Å². The van der Waals surface area contributed by atoms with E-state index in [1.165, 1.54) is 13.8 Å². The van der Waals surface area contributed by atoms with Crippen molar-refractivity contribution in [2.75, 3.05) is 49.9 Å². The molecule has 0 aliphatic carbocycles. The van der Waals surface area contributed by atoms with E-state index in [2.05, 4.69) is 16.9 Å². The number of amides is 1. The number of hydrogen-bond donors (Lipinski definition) is 2. The summed E-state index contributed by atoms with van der Waals surface area (Å²) in [5.41, 5.74) is 1.12. The summed E-state index contributed by atoms with van der Waals surface area (Å²) in [7, 11) is 3.36. The van der Waals surface area contributed by atoms with Crippen LogP contribution in [0.4, 0.5) is 0 Å². The third-order valence-electron chi connectivity index (χ3n) is 4.51. The number of thioether (sulfide) groups is 1. The zero-order valence-corrected chi connectivity index (χ0v) is 24.2. The van der Waals surface area contributed by atoms with Gasteiger partial charge in [-0.1, -0.05) is 21.6 Å². The van der Waals surface area contributed by atoms with Crippen molar-refractivity contribution in [3.8, 4) is 0 Å². The summed E-state index contributed by atoms with van der Waals surface area (Å²) in [5, 5.41) is 10.2. The molecule has 2 N–H and O–H groups in total. The van der Waals surface area contributed by atoms with Gasteiger partial charge in [-0.2, -0.15) is 23.1 Å². The van der Waals surface area contributed by atoms with Crippen molar-refractivity contribution in [3.05, 3.63) is 22.4 Å². The molecule has 1 rings (SSSR count). The highest BCUT2D eigenvalue weighted by Gasteiger charge is 2.21. The average Bonchev–Trinajstić information content (AvgIpc) is 3.34. The fraction of sp³-hybridized carbons (Fsp3) is 0.652. The van der Waals surface area contributed by atoms with Gasteiger partial charge in [-0.05, 0) is 53.8 Å². The zero-order valence-electron chi connectivity index (χ0n) is 20.9. The van der Waals surface area contributed by atoms with Crippen LogP contribution in [0.3, 0.4) is 0 Å². The van der Waals surface area contributed by atoms with Gasteiger partial charge in [-0.3, -0.25) is 19.2 Å². The maximum Gasteiger partial charge on any atom is 0.307 e. The molecule has 0 bridgehead atoms. The smallest absolute Gasteiger partial charge is 0.307 e. The van der Waals surface area contributed by atoms with E-state index in [1.807, 2.05) is 28.6 Å². The van der Waals surface area contributed by atoms with E-state index in [9.17, 15) is 19.2 Å². The Kier molecular flexibility index (Phi) is 18.7. The van der Waals surface area contributed by atoms with Crippen molar-refractivity contribution in [1.29, 1.82) is 0 Å². The molecule has 0 radical (unpaired) electrons. The number of hydrogen-bond acceptors (Lipinski definition) is 12. The molecule has 1 aromatic heterocycles. The highest BCUT2D eigenvalue weighted by molar-refractivity contribution is 8.76. The van der Waals surface area contributed by atoms with Gasteiger partial charge in [0.2, 0.25) is 5.91 Å². The van der Waals surface area contributed by atoms with Crippen molar-refractivity contribution in [2.24, 2.45) is 5.92 Å². The molecule has 2 unspecified atom stereocenters. The number of rotatable bonds is 20. The quantitative estimate of drug-likeness (QED) is 0.0778. The highest BCUT2D eigenvalue weighted by atomic mass is 33.1. The van der Waals surface area contributed by atoms with E-state index in [-0.39, 0.29) is 38.0 Å². The van der Waals surface area contributed by atoms with Crippen LogP contribution in [-0.4, -0.2) is 79.9 Å². The van der Waals surface area contributed by atoms with Crippen molar-refractivity contribution in [1.82, 2.24) is 10.6 Å². The molecule has 204 valence electrons. The van der Waals surface area contributed by atoms with Crippen molar-refractivity contribution in [2.45, 2.75) is 39.2 Å². The van der Waals surface area contributed by atoms with Crippen LogP contribution >= 0.6 is 44.7 Å². The predicted molar refractivity (Wildman–Crippen MR) is 148 cm³/mol. The SMILES string of the molecule is CSCCCNCSSCC(Cc1ccsc1)C(=O)NCCC(=O)OCC(COC(C)=O)OC(C)=O. The summed E-state index contributed by atoms with van der Waals surface area (Å²) in [6.07, 6.45) is 2.96. The number of esters is 3. The fourth-order valence-corrected chi connectivity index (χ4v) is 6.04. The van der Waals surface area contributed by atoms with Crippen LogP contribution in [-0.2, 0) is 39.8 Å². The second-order valence-electron chi connectivity index (χ2n) is 7.68. The predicted octanol–water partition coefficient (Wildman–Crippen LogP) is 3.13. The summed E-state index contributed by atoms with van der Waals surface area (Å²) in [6, 6.07) is 2.02. The van der Waals surface area contributed by atoms with Crippen LogP contribution in [0.2, 0.25) is 0 Å². The molecule has 0 saturated heterocycles. The number of thiophene rings is 1. The van der Waals surface area contributed by atoms with Gasteiger partial charge in [0.05, 0.1) is 18.2 Å². The lowest BCUT2D eigenvalue weighted by molar-refractivity contribution is -0.164. The minimum absolute atomic E-state index is 0.0286. The lowest BCUT2D eigenvalue weighted by atomic mass is 10.0. The Hall–Kier alpha value is -1.41. The summed E-state index contributed by atoms with van der Waals surface area (Å²) < 4.78 is 14.9. The Bertz CT molecular complexity index is 781. The monoisotopic (exact) mass is 580 g/mol. The number of carbonyl (C=O) groups excluding carboxylic acids is 4. The largest absolute Gasteiger partial charge is 0.462 e. The molecule has 0 fully saturated rings. The summed E-state index contributed by atoms with van der Waals surface area (Å²) >= 11 is 3.43. The first kappa shape index (κ1) is 32.6. The Morgan fingerprint density at radius 2 is 1.83 bits per heavy atom. The van der Waals surface area contributed by atoms with Crippen LogP contribution in [0.25, 0.3) is 0 Å². The van der Waals surface area contributed by atoms with Gasteiger partial charge < -0.3 is 24.8 Å². The number of nitrogens with one attached hydrogen (secondary N) is 2. The normalized spacial score (nSPS) is 12.4. The first-order valence-corrected chi connectivity index (χ1v) is 16.3. The van der Waals surface area contributed by atoms with E-state index >= 15 is 0 Å². The molecule has 1 amide bonds. The van der Waals surface area contributed by atoms with Crippen molar-refractivity contribution >= 4 is 68.5 Å². The molecule has 1 aromatic rings. The number of ether oxygens (including phenoxy) is 3. The maximum atomic E-state index is 12.8. The molecule has 0 aliphatic heterocycles. The lowest BCUT2D eigenvalue weighted by Gasteiger charge is -2.17. The van der Waals surface area contributed by atoms with E-state index in [0.717, 1.165) is 30.2 Å². The average molecular weight is 581 g/mol. The Morgan fingerprint density at radius 1 is 1.06 bits per heavy atom. The molecule has 13 heteroatoms. The van der Waals surface area contributed by atoms with E-state index in [0.29, 0.717) is 12.2 Å². The number of carbonyl (C=O) groups is 4. The van der Waals surface area contributed by atoms with Gasteiger partial charge in [0.1, 0.15) is 13.2 Å². The third kappa shape index (κ3) is 17.1. The zero-order chi connectivity index (χ0) is 26.6. The molecular formula is C23H36N2O7S4. The Labute approximate surface area is 229 Å². The van der Waals surface area contributed by atoms with Crippen LogP contribution < -0.4 is 10.6 Å². The van der Waals surface area contributed by atoms with Crippen LogP contribution in [0, 0.1) is 5.92 Å². The summed E-state index contributed by atoms with van der Waals surface area (Å²) in [6.45, 7) is 3.12. The second kappa shape index (κ2) is 20.6. The van der Waals surface area contributed by atoms with E-state index < -0.39 is 24.0 Å². The van der Waals surface area contributed by atoms with E-state index in [4.69, 9.17) is 14.2 Å². The second-order valence-corrected chi connectivity index (χ2v) is 12.0. The van der Waals surface area contributed by atoms with Gasteiger partial charge in [0.15, 0.2) is 6.10 Å². The van der Waals surface area contributed by atoms with Crippen LogP contribution in [0.1, 0.15) is 32.3 Å². The molecule has 36 heavy (non-hydrogen) atoms. The fourth-order valence-electron chi connectivity index (χ4n) is 2.80. The minimum atomic E-state index is -0.880. The van der Waals surface area contributed by atoms with Crippen LogP contribution in [0.5, 0.6) is 0 Å². The third-order valence-corrected chi connectivity index (χ3v) is 8.23. The van der Waals surface area contributed by atoms with Gasteiger partial charge >= 0.3 is 17.9 Å². The van der Waals surface area contributed by atoms with Gasteiger partial charge in [0.25, 0.3) is 0 Å². The molecule has 1 heterocycles. The summed E-state index contributed by atoms with van der Waals surface area (Å²) in [4.78, 5) is 47.0. The topological polar surface area (TPSA) is 120 Å². The van der Waals surface area contributed by atoms with E-state index in [1.54, 1.807) is 32.9 Å². The Balaban J connectivity index is 2.39. The summed E-state index contributed by atoms with van der Waals surface area (Å²) in [5.74, 6) is 0.633. The molecular weight excluding hydrogens is 545 g/mol. The molecule has 0 aliphatic rings. The molecule has 0 spiro atoms. The first-order valence-electron chi connectivity index (χ1n) is 11.5. The highest BCUT2D eigenvalue weighted by Crippen LogP contribution is 2.25.